The highest BCUT2D eigenvalue weighted by Crippen LogP contribution is 2.29. The van der Waals surface area contributed by atoms with Gasteiger partial charge in [-0.3, -0.25) is 4.79 Å². The highest BCUT2D eigenvalue weighted by Gasteiger charge is 2.24. The number of hydrogen-bond acceptors (Lipinski definition) is 2. The van der Waals surface area contributed by atoms with Crippen molar-refractivity contribution in [2.45, 2.75) is 19.5 Å². The van der Waals surface area contributed by atoms with E-state index in [0.717, 1.165) is 6.08 Å². The Morgan fingerprint density at radius 2 is 2.00 bits per heavy atom. The van der Waals surface area contributed by atoms with Gasteiger partial charge in [0.05, 0.1) is 12.7 Å². The minimum atomic E-state index is -1.37. The molecule has 1 amide bonds. The molecular formula is C15H15F2NO2. The molecule has 1 N–H and O–H groups in total. The number of allylic oxidation sites excluding steroid dienone is 2. The molecule has 20 heavy (non-hydrogen) atoms. The summed E-state index contributed by atoms with van der Waals surface area (Å²) in [7, 11) is 1.54. The van der Waals surface area contributed by atoms with Crippen LogP contribution < -0.4 is 10.1 Å². The van der Waals surface area contributed by atoms with Gasteiger partial charge in [-0.05, 0) is 37.3 Å². The summed E-state index contributed by atoms with van der Waals surface area (Å²) in [6, 6.07) is 6.66. The van der Waals surface area contributed by atoms with E-state index >= 15 is 0 Å². The molecule has 3 nitrogen and oxygen atoms in total. The molecule has 0 saturated heterocycles. The summed E-state index contributed by atoms with van der Waals surface area (Å²) in [4.78, 5) is 12.0. The molecular weight excluding hydrogens is 264 g/mol. The molecule has 0 heterocycles. The Kier molecular flexibility index (Phi) is 4.17. The number of carbonyl (C=O) groups excluding carboxylic acids is 1. The molecule has 1 atom stereocenters. The second-order valence-electron chi connectivity index (χ2n) is 4.57. The fourth-order valence-corrected chi connectivity index (χ4v) is 2.07. The molecule has 0 aromatic heterocycles. The summed E-state index contributed by atoms with van der Waals surface area (Å²) >= 11 is 0. The van der Waals surface area contributed by atoms with Gasteiger partial charge in [0.25, 0.3) is 5.91 Å². The largest absolute Gasteiger partial charge is 0.497 e. The van der Waals surface area contributed by atoms with E-state index in [1.54, 1.807) is 31.2 Å². The fourth-order valence-electron chi connectivity index (χ4n) is 2.07. The van der Waals surface area contributed by atoms with Crippen molar-refractivity contribution < 1.29 is 18.3 Å². The van der Waals surface area contributed by atoms with Crippen LogP contribution in [0.2, 0.25) is 0 Å². The zero-order valence-electron chi connectivity index (χ0n) is 11.2. The predicted octanol–water partition coefficient (Wildman–Crippen LogP) is 3.55. The zero-order valence-corrected chi connectivity index (χ0v) is 11.2. The Hall–Kier alpha value is -2.17. The van der Waals surface area contributed by atoms with Crippen molar-refractivity contribution in [1.29, 1.82) is 0 Å². The summed E-state index contributed by atoms with van der Waals surface area (Å²) in [5, 5.41) is 2.58. The van der Waals surface area contributed by atoms with Crippen LogP contribution in [0, 0.1) is 0 Å². The van der Waals surface area contributed by atoms with Gasteiger partial charge in [0.15, 0.2) is 0 Å². The molecule has 1 unspecified atom stereocenters. The van der Waals surface area contributed by atoms with Crippen LogP contribution in [0.3, 0.4) is 0 Å². The molecule has 1 aromatic rings. The number of rotatable bonds is 3. The average Bonchev–Trinajstić information content (AvgIpc) is 2.38. The highest BCUT2D eigenvalue weighted by molar-refractivity contribution is 6.07. The number of anilines is 1. The number of hydrogen-bond donors (Lipinski definition) is 1. The Labute approximate surface area is 115 Å². The van der Waals surface area contributed by atoms with Gasteiger partial charge in [0.1, 0.15) is 17.7 Å². The van der Waals surface area contributed by atoms with Gasteiger partial charge in [-0.1, -0.05) is 5.57 Å². The molecule has 1 aromatic carbocycles. The number of carbonyl (C=O) groups is 1. The van der Waals surface area contributed by atoms with E-state index < -0.39 is 17.9 Å². The molecule has 0 bridgehead atoms. The quantitative estimate of drug-likeness (QED) is 0.919. The summed E-state index contributed by atoms with van der Waals surface area (Å²) < 4.78 is 31.8. The Morgan fingerprint density at radius 1 is 1.35 bits per heavy atom. The smallest absolute Gasteiger partial charge is 0.258 e. The van der Waals surface area contributed by atoms with Gasteiger partial charge in [-0.15, -0.1) is 0 Å². The first-order valence-corrected chi connectivity index (χ1v) is 6.18. The van der Waals surface area contributed by atoms with E-state index in [2.05, 4.69) is 5.32 Å². The second kappa shape index (κ2) is 5.86. The molecule has 0 saturated carbocycles. The number of benzene rings is 1. The number of methoxy groups -OCH3 is 1. The molecule has 0 aliphatic heterocycles. The van der Waals surface area contributed by atoms with Gasteiger partial charge in [0.2, 0.25) is 0 Å². The maximum Gasteiger partial charge on any atom is 0.258 e. The first kappa shape index (κ1) is 14.2. The lowest BCUT2D eigenvalue weighted by atomic mass is 9.96. The molecule has 106 valence electrons. The van der Waals surface area contributed by atoms with Crippen LogP contribution in [-0.4, -0.2) is 19.2 Å². The van der Waals surface area contributed by atoms with Crippen LogP contribution in [0.25, 0.3) is 0 Å². The Morgan fingerprint density at radius 3 is 2.55 bits per heavy atom. The normalized spacial score (nSPS) is 18.6. The van der Waals surface area contributed by atoms with Crippen LogP contribution in [0.5, 0.6) is 5.75 Å². The van der Waals surface area contributed by atoms with Crippen molar-refractivity contribution in [3.8, 4) is 5.75 Å². The molecule has 2 rings (SSSR count). The summed E-state index contributed by atoms with van der Waals surface area (Å²) in [5.41, 5.74) is 0.838. The van der Waals surface area contributed by atoms with Gasteiger partial charge in [0, 0.05) is 12.1 Å². The number of alkyl halides is 1. The first-order valence-electron chi connectivity index (χ1n) is 6.18. The molecule has 1 aliphatic rings. The third-order valence-corrected chi connectivity index (χ3v) is 3.07. The Bertz CT molecular complexity index is 576. The van der Waals surface area contributed by atoms with Crippen molar-refractivity contribution in [1.82, 2.24) is 0 Å². The van der Waals surface area contributed by atoms with Crippen LogP contribution in [-0.2, 0) is 4.79 Å². The van der Waals surface area contributed by atoms with Crippen LogP contribution in [0.15, 0.2) is 47.3 Å². The maximum absolute atomic E-state index is 13.7. The van der Waals surface area contributed by atoms with Crippen molar-refractivity contribution in [2.24, 2.45) is 0 Å². The number of halogens is 2. The van der Waals surface area contributed by atoms with Gasteiger partial charge >= 0.3 is 0 Å². The van der Waals surface area contributed by atoms with Crippen LogP contribution in [0.4, 0.5) is 14.5 Å². The standard InChI is InChI=1S/C15H15F2NO2/c1-9-7-10(16)8-13(17)14(9)15(19)18-11-3-5-12(20-2)6-4-11/h3-6,8,10H,7H2,1-2H3,(H,18,19). The molecule has 0 spiro atoms. The number of nitrogens with one attached hydrogen (secondary N) is 1. The molecule has 5 heteroatoms. The van der Waals surface area contributed by atoms with Crippen LogP contribution in [0.1, 0.15) is 13.3 Å². The van der Waals surface area contributed by atoms with Crippen molar-refractivity contribution in [2.75, 3.05) is 12.4 Å². The van der Waals surface area contributed by atoms with E-state index in [9.17, 15) is 13.6 Å². The van der Waals surface area contributed by atoms with E-state index in [1.807, 2.05) is 0 Å². The van der Waals surface area contributed by atoms with Gasteiger partial charge < -0.3 is 10.1 Å². The predicted molar refractivity (Wildman–Crippen MR) is 73.0 cm³/mol. The Balaban J connectivity index is 2.15. The molecule has 1 aliphatic carbocycles. The van der Waals surface area contributed by atoms with Gasteiger partial charge in [-0.25, -0.2) is 8.78 Å². The monoisotopic (exact) mass is 279 g/mol. The zero-order chi connectivity index (χ0) is 14.7. The topological polar surface area (TPSA) is 38.3 Å². The summed E-state index contributed by atoms with van der Waals surface area (Å²) in [6.07, 6.45) is -0.498. The molecule has 0 fully saturated rings. The third-order valence-electron chi connectivity index (χ3n) is 3.07. The summed E-state index contributed by atoms with van der Waals surface area (Å²) in [6.45, 7) is 1.56. The molecule has 0 radical (unpaired) electrons. The van der Waals surface area contributed by atoms with Gasteiger partial charge in [-0.2, -0.15) is 0 Å². The minimum Gasteiger partial charge on any atom is -0.497 e. The second-order valence-corrected chi connectivity index (χ2v) is 4.57. The van der Waals surface area contributed by atoms with Crippen molar-refractivity contribution in [3.05, 3.63) is 47.3 Å². The average molecular weight is 279 g/mol. The number of amides is 1. The SMILES string of the molecule is COc1ccc(NC(=O)C2=C(C)CC(F)C=C2F)cc1. The summed E-state index contributed by atoms with van der Waals surface area (Å²) in [5.74, 6) is -0.733. The maximum atomic E-state index is 13.7. The lowest BCUT2D eigenvalue weighted by molar-refractivity contribution is -0.112. The van der Waals surface area contributed by atoms with Crippen molar-refractivity contribution in [3.63, 3.8) is 0 Å². The van der Waals surface area contributed by atoms with E-state index in [1.165, 1.54) is 7.11 Å². The first-order chi connectivity index (χ1) is 9.51. The minimum absolute atomic E-state index is 0.0405. The fraction of sp³-hybridized carbons (Fsp3) is 0.267. The lowest BCUT2D eigenvalue weighted by Crippen LogP contribution is -2.20. The van der Waals surface area contributed by atoms with E-state index in [-0.39, 0.29) is 12.0 Å². The highest BCUT2D eigenvalue weighted by atomic mass is 19.1. The van der Waals surface area contributed by atoms with Crippen LogP contribution >= 0.6 is 0 Å². The lowest BCUT2D eigenvalue weighted by Gasteiger charge is -2.17. The van der Waals surface area contributed by atoms with E-state index in [0.29, 0.717) is 17.0 Å². The number of ether oxygens (including phenoxy) is 1. The third kappa shape index (κ3) is 3.04. The van der Waals surface area contributed by atoms with Crippen molar-refractivity contribution >= 4 is 11.6 Å². The van der Waals surface area contributed by atoms with E-state index in [4.69, 9.17) is 4.74 Å².